The maximum atomic E-state index is 13.3. The average molecular weight is 267 g/mol. The summed E-state index contributed by atoms with van der Waals surface area (Å²) in [7, 11) is 0. The highest BCUT2D eigenvalue weighted by atomic mass is 19.1. The van der Waals surface area contributed by atoms with Crippen LogP contribution in [0.3, 0.4) is 0 Å². The SMILES string of the molecule is CC(C)(C)OC(=O)/C=C/c1ccc([N+](=O)[O-])c(F)c1. The normalized spacial score (nSPS) is 11.6. The quantitative estimate of drug-likeness (QED) is 0.365. The van der Waals surface area contributed by atoms with E-state index in [-0.39, 0.29) is 0 Å². The second-order valence-corrected chi connectivity index (χ2v) is 4.83. The van der Waals surface area contributed by atoms with Crippen LogP contribution in [0.15, 0.2) is 24.3 Å². The molecule has 1 rings (SSSR count). The summed E-state index contributed by atoms with van der Waals surface area (Å²) in [5.41, 5.74) is -0.870. The van der Waals surface area contributed by atoms with Crippen LogP contribution >= 0.6 is 0 Å². The highest BCUT2D eigenvalue weighted by molar-refractivity contribution is 5.87. The van der Waals surface area contributed by atoms with Gasteiger partial charge in [0.2, 0.25) is 5.82 Å². The molecule has 102 valence electrons. The summed E-state index contributed by atoms with van der Waals surface area (Å²) in [6, 6.07) is 3.38. The molecule has 0 heterocycles. The highest BCUT2D eigenvalue weighted by Gasteiger charge is 2.15. The highest BCUT2D eigenvalue weighted by Crippen LogP contribution is 2.18. The van der Waals surface area contributed by atoms with Gasteiger partial charge in [0.05, 0.1) is 4.92 Å². The fourth-order valence-corrected chi connectivity index (χ4v) is 1.27. The first-order chi connectivity index (χ1) is 8.69. The number of nitrogens with zero attached hydrogens (tertiary/aromatic N) is 1. The van der Waals surface area contributed by atoms with Gasteiger partial charge in [-0.2, -0.15) is 4.39 Å². The Balaban J connectivity index is 2.81. The first kappa shape index (κ1) is 14.8. The molecular weight excluding hydrogens is 253 g/mol. The fourth-order valence-electron chi connectivity index (χ4n) is 1.27. The molecule has 0 aromatic heterocycles. The number of hydrogen-bond donors (Lipinski definition) is 0. The molecule has 0 radical (unpaired) electrons. The third-order valence-corrected chi connectivity index (χ3v) is 1.99. The molecule has 0 N–H and O–H groups in total. The Bertz CT molecular complexity index is 532. The fraction of sp³-hybridized carbons (Fsp3) is 0.308. The van der Waals surface area contributed by atoms with Gasteiger partial charge in [-0.25, -0.2) is 4.79 Å². The average Bonchev–Trinajstić information content (AvgIpc) is 2.23. The molecule has 0 amide bonds. The molecule has 0 atom stereocenters. The van der Waals surface area contributed by atoms with Gasteiger partial charge in [-0.15, -0.1) is 0 Å². The zero-order valence-corrected chi connectivity index (χ0v) is 10.8. The van der Waals surface area contributed by atoms with E-state index in [0.29, 0.717) is 5.56 Å². The lowest BCUT2D eigenvalue weighted by Crippen LogP contribution is -2.22. The van der Waals surface area contributed by atoms with Crippen LogP contribution in [0.25, 0.3) is 6.08 Å². The summed E-state index contributed by atoms with van der Waals surface area (Å²) >= 11 is 0. The molecule has 0 unspecified atom stereocenters. The van der Waals surface area contributed by atoms with E-state index in [4.69, 9.17) is 4.74 Å². The molecule has 0 saturated heterocycles. The van der Waals surface area contributed by atoms with E-state index in [1.54, 1.807) is 20.8 Å². The van der Waals surface area contributed by atoms with Crippen molar-refractivity contribution in [2.75, 3.05) is 0 Å². The molecular formula is C13H14FNO4. The molecule has 0 aliphatic heterocycles. The summed E-state index contributed by atoms with van der Waals surface area (Å²) in [4.78, 5) is 21.0. The topological polar surface area (TPSA) is 69.4 Å². The standard InChI is InChI=1S/C13H14FNO4/c1-13(2,3)19-12(16)7-5-9-4-6-11(15(17)18)10(14)8-9/h4-8H,1-3H3/b7-5+. The van der Waals surface area contributed by atoms with Gasteiger partial charge in [-0.1, -0.05) is 0 Å². The van der Waals surface area contributed by atoms with Gasteiger partial charge < -0.3 is 4.74 Å². The first-order valence-electron chi connectivity index (χ1n) is 5.54. The van der Waals surface area contributed by atoms with Crippen molar-refractivity contribution in [3.63, 3.8) is 0 Å². The monoisotopic (exact) mass is 267 g/mol. The van der Waals surface area contributed by atoms with Crippen molar-refractivity contribution in [2.45, 2.75) is 26.4 Å². The molecule has 1 aromatic carbocycles. The van der Waals surface area contributed by atoms with Crippen molar-refractivity contribution in [2.24, 2.45) is 0 Å². The number of rotatable bonds is 3. The predicted molar refractivity (Wildman–Crippen MR) is 67.9 cm³/mol. The summed E-state index contributed by atoms with van der Waals surface area (Å²) < 4.78 is 18.3. The van der Waals surface area contributed by atoms with Crippen LogP contribution in [-0.2, 0) is 9.53 Å². The van der Waals surface area contributed by atoms with Crippen molar-refractivity contribution in [1.29, 1.82) is 0 Å². The number of ether oxygens (including phenoxy) is 1. The van der Waals surface area contributed by atoms with E-state index in [9.17, 15) is 19.3 Å². The van der Waals surface area contributed by atoms with Crippen LogP contribution in [0, 0.1) is 15.9 Å². The Kier molecular flexibility index (Phi) is 4.37. The Hall–Kier alpha value is -2.24. The lowest BCUT2D eigenvalue weighted by Gasteiger charge is -2.17. The Morgan fingerprint density at radius 1 is 1.42 bits per heavy atom. The van der Waals surface area contributed by atoms with Crippen molar-refractivity contribution in [3.05, 3.63) is 45.8 Å². The number of halogens is 1. The van der Waals surface area contributed by atoms with Gasteiger partial charge in [-0.3, -0.25) is 10.1 Å². The number of carbonyl (C=O) groups excluding carboxylic acids is 1. The van der Waals surface area contributed by atoms with Crippen LogP contribution in [0.2, 0.25) is 0 Å². The van der Waals surface area contributed by atoms with Gasteiger partial charge in [0, 0.05) is 12.1 Å². The molecule has 0 fully saturated rings. The molecule has 0 aliphatic rings. The Labute approximate surface area is 109 Å². The molecule has 0 bridgehead atoms. The van der Waals surface area contributed by atoms with Gasteiger partial charge in [-0.05, 0) is 44.5 Å². The van der Waals surface area contributed by atoms with Gasteiger partial charge >= 0.3 is 11.7 Å². The molecule has 0 saturated carbocycles. The number of esters is 1. The van der Waals surface area contributed by atoms with E-state index >= 15 is 0 Å². The van der Waals surface area contributed by atoms with Crippen LogP contribution in [0.5, 0.6) is 0 Å². The summed E-state index contributed by atoms with van der Waals surface area (Å²) in [6.07, 6.45) is 2.48. The molecule has 5 nitrogen and oxygen atoms in total. The van der Waals surface area contributed by atoms with E-state index in [0.717, 1.165) is 18.2 Å². The summed E-state index contributed by atoms with van der Waals surface area (Å²) in [6.45, 7) is 5.18. The van der Waals surface area contributed by atoms with Crippen molar-refractivity contribution < 1.29 is 18.8 Å². The smallest absolute Gasteiger partial charge is 0.331 e. The predicted octanol–water partition coefficient (Wildman–Crippen LogP) is 3.09. The minimum Gasteiger partial charge on any atom is -0.457 e. The van der Waals surface area contributed by atoms with Crippen LogP contribution in [-0.4, -0.2) is 16.5 Å². The number of nitro groups is 1. The lowest BCUT2D eigenvalue weighted by molar-refractivity contribution is -0.387. The second kappa shape index (κ2) is 5.60. The minimum absolute atomic E-state index is 0.342. The van der Waals surface area contributed by atoms with E-state index in [1.165, 1.54) is 12.1 Å². The third kappa shape index (κ3) is 4.87. The number of nitro benzene ring substituents is 1. The summed E-state index contributed by atoms with van der Waals surface area (Å²) in [5, 5.41) is 10.4. The molecule has 1 aromatic rings. The Morgan fingerprint density at radius 3 is 2.53 bits per heavy atom. The molecule has 6 heteroatoms. The zero-order valence-electron chi connectivity index (χ0n) is 10.8. The van der Waals surface area contributed by atoms with Gasteiger partial charge in [0.15, 0.2) is 0 Å². The molecule has 19 heavy (non-hydrogen) atoms. The Morgan fingerprint density at radius 2 is 2.05 bits per heavy atom. The van der Waals surface area contributed by atoms with Crippen molar-refractivity contribution in [1.82, 2.24) is 0 Å². The van der Waals surface area contributed by atoms with Crippen molar-refractivity contribution >= 4 is 17.7 Å². The van der Waals surface area contributed by atoms with Crippen molar-refractivity contribution in [3.8, 4) is 0 Å². The minimum atomic E-state index is -0.948. The number of benzene rings is 1. The number of carbonyl (C=O) groups is 1. The maximum absolute atomic E-state index is 13.3. The van der Waals surface area contributed by atoms with Gasteiger partial charge in [0.25, 0.3) is 0 Å². The number of hydrogen-bond acceptors (Lipinski definition) is 4. The van der Waals surface area contributed by atoms with E-state index < -0.39 is 28.0 Å². The largest absolute Gasteiger partial charge is 0.457 e. The zero-order chi connectivity index (χ0) is 14.6. The molecule has 0 spiro atoms. The van der Waals surface area contributed by atoms with E-state index in [1.807, 2.05) is 0 Å². The first-order valence-corrected chi connectivity index (χ1v) is 5.54. The molecule has 0 aliphatic carbocycles. The summed E-state index contributed by atoms with van der Waals surface area (Å²) in [5.74, 6) is -1.51. The van der Waals surface area contributed by atoms with E-state index in [2.05, 4.69) is 0 Å². The third-order valence-electron chi connectivity index (χ3n) is 1.99. The van der Waals surface area contributed by atoms with Crippen LogP contribution in [0.4, 0.5) is 10.1 Å². The van der Waals surface area contributed by atoms with Crippen LogP contribution < -0.4 is 0 Å². The van der Waals surface area contributed by atoms with Crippen LogP contribution in [0.1, 0.15) is 26.3 Å². The van der Waals surface area contributed by atoms with Gasteiger partial charge in [0.1, 0.15) is 5.60 Å². The second-order valence-electron chi connectivity index (χ2n) is 4.83. The maximum Gasteiger partial charge on any atom is 0.331 e. The lowest BCUT2D eigenvalue weighted by atomic mass is 10.2.